The highest BCUT2D eigenvalue weighted by molar-refractivity contribution is 5.97. The molecule has 1 saturated heterocycles. The molecule has 28 heavy (non-hydrogen) atoms. The topological polar surface area (TPSA) is 67.9 Å². The van der Waals surface area contributed by atoms with Crippen molar-refractivity contribution >= 4 is 11.8 Å². The van der Waals surface area contributed by atoms with Crippen LogP contribution in [0.25, 0.3) is 0 Å². The number of hydrogen-bond donors (Lipinski definition) is 1. The zero-order chi connectivity index (χ0) is 19.9. The molecule has 2 aromatic rings. The molecule has 6 heteroatoms. The van der Waals surface area contributed by atoms with Crippen molar-refractivity contribution in [1.82, 2.24) is 10.2 Å². The maximum atomic E-state index is 12.8. The van der Waals surface area contributed by atoms with Gasteiger partial charge in [-0.2, -0.15) is 0 Å². The van der Waals surface area contributed by atoms with Crippen LogP contribution in [0.15, 0.2) is 48.5 Å². The fourth-order valence-electron chi connectivity index (χ4n) is 3.41. The average Bonchev–Trinajstić information content (AvgIpc) is 2.77. The first-order valence-corrected chi connectivity index (χ1v) is 9.45. The van der Waals surface area contributed by atoms with Crippen LogP contribution >= 0.6 is 0 Å². The van der Waals surface area contributed by atoms with Gasteiger partial charge in [-0.15, -0.1) is 0 Å². The number of hydrogen-bond acceptors (Lipinski definition) is 4. The molecule has 2 aromatic carbocycles. The highest BCUT2D eigenvalue weighted by atomic mass is 16.5. The summed E-state index contributed by atoms with van der Waals surface area (Å²) in [5.74, 6) is 1.30. The lowest BCUT2D eigenvalue weighted by Gasteiger charge is -2.31. The van der Waals surface area contributed by atoms with Crippen LogP contribution in [-0.4, -0.2) is 44.0 Å². The molecule has 0 aromatic heterocycles. The Kier molecular flexibility index (Phi) is 6.53. The van der Waals surface area contributed by atoms with Crippen LogP contribution in [0.3, 0.4) is 0 Å². The van der Waals surface area contributed by atoms with Crippen molar-refractivity contribution < 1.29 is 19.1 Å². The van der Waals surface area contributed by atoms with E-state index in [-0.39, 0.29) is 17.7 Å². The zero-order valence-electron chi connectivity index (χ0n) is 16.3. The predicted octanol–water partition coefficient (Wildman–Crippen LogP) is 2.87. The molecular formula is C22H26N2O4. The number of para-hydroxylation sites is 1. The summed E-state index contributed by atoms with van der Waals surface area (Å²) in [4.78, 5) is 27.0. The average molecular weight is 382 g/mol. The Balaban J connectivity index is 1.50. The van der Waals surface area contributed by atoms with Crippen molar-refractivity contribution in [2.45, 2.75) is 19.4 Å². The molecule has 0 radical (unpaired) electrons. The van der Waals surface area contributed by atoms with Crippen LogP contribution in [0.2, 0.25) is 0 Å². The lowest BCUT2D eigenvalue weighted by Crippen LogP contribution is -2.43. The van der Waals surface area contributed by atoms with E-state index in [1.54, 1.807) is 31.3 Å². The van der Waals surface area contributed by atoms with E-state index in [4.69, 9.17) is 9.47 Å². The fourth-order valence-corrected chi connectivity index (χ4v) is 3.41. The summed E-state index contributed by atoms with van der Waals surface area (Å²) in [5.41, 5.74) is 1.59. The van der Waals surface area contributed by atoms with Crippen molar-refractivity contribution in [3.8, 4) is 11.5 Å². The number of nitrogens with one attached hydrogen (secondary N) is 1. The first kappa shape index (κ1) is 19.7. The quantitative estimate of drug-likeness (QED) is 0.834. The third kappa shape index (κ3) is 4.63. The summed E-state index contributed by atoms with van der Waals surface area (Å²) < 4.78 is 10.4. The molecule has 6 nitrogen and oxygen atoms in total. The largest absolute Gasteiger partial charge is 0.497 e. The molecule has 148 valence electrons. The van der Waals surface area contributed by atoms with Gasteiger partial charge in [0.05, 0.1) is 19.8 Å². The number of piperidine rings is 1. The van der Waals surface area contributed by atoms with Gasteiger partial charge in [0.1, 0.15) is 11.5 Å². The fraction of sp³-hybridized carbons (Fsp3) is 0.364. The molecule has 0 aliphatic carbocycles. The van der Waals surface area contributed by atoms with E-state index >= 15 is 0 Å². The van der Waals surface area contributed by atoms with Gasteiger partial charge in [0.2, 0.25) is 5.91 Å². The van der Waals surface area contributed by atoms with Gasteiger partial charge in [-0.1, -0.05) is 24.3 Å². The molecule has 1 fully saturated rings. The maximum absolute atomic E-state index is 12.8. The minimum atomic E-state index is -0.0695. The number of rotatable bonds is 6. The number of ether oxygens (including phenoxy) is 2. The van der Waals surface area contributed by atoms with E-state index in [1.165, 1.54) is 0 Å². The molecule has 1 aliphatic rings. The van der Waals surface area contributed by atoms with E-state index in [2.05, 4.69) is 5.32 Å². The lowest BCUT2D eigenvalue weighted by molar-refractivity contribution is -0.126. The van der Waals surface area contributed by atoms with Crippen molar-refractivity contribution in [1.29, 1.82) is 0 Å². The second-order valence-corrected chi connectivity index (χ2v) is 6.83. The zero-order valence-corrected chi connectivity index (χ0v) is 16.3. The van der Waals surface area contributed by atoms with E-state index in [0.717, 1.165) is 11.3 Å². The minimum absolute atomic E-state index is 0.0419. The summed E-state index contributed by atoms with van der Waals surface area (Å²) in [6, 6.07) is 14.9. The van der Waals surface area contributed by atoms with Gasteiger partial charge >= 0.3 is 0 Å². The van der Waals surface area contributed by atoms with Crippen molar-refractivity contribution in [3.05, 3.63) is 59.7 Å². The van der Waals surface area contributed by atoms with E-state index in [1.807, 2.05) is 36.4 Å². The first-order chi connectivity index (χ1) is 13.6. The molecule has 0 spiro atoms. The second kappa shape index (κ2) is 9.26. The van der Waals surface area contributed by atoms with Crippen LogP contribution < -0.4 is 14.8 Å². The summed E-state index contributed by atoms with van der Waals surface area (Å²) in [6.45, 7) is 1.62. The SMILES string of the molecule is COc1ccc(CNC(=O)C2CCN(C(=O)c3ccccc3OC)CC2)cc1. The summed E-state index contributed by atoms with van der Waals surface area (Å²) in [7, 11) is 3.19. The molecular weight excluding hydrogens is 356 g/mol. The van der Waals surface area contributed by atoms with Crippen molar-refractivity contribution in [2.75, 3.05) is 27.3 Å². The molecule has 0 saturated carbocycles. The monoisotopic (exact) mass is 382 g/mol. The second-order valence-electron chi connectivity index (χ2n) is 6.83. The predicted molar refractivity (Wildman–Crippen MR) is 106 cm³/mol. The number of likely N-dealkylation sites (tertiary alicyclic amines) is 1. The summed E-state index contributed by atoms with van der Waals surface area (Å²) in [6.07, 6.45) is 1.32. The third-order valence-electron chi connectivity index (χ3n) is 5.12. The van der Waals surface area contributed by atoms with Gasteiger partial charge in [0, 0.05) is 25.6 Å². The lowest BCUT2D eigenvalue weighted by atomic mass is 9.95. The van der Waals surface area contributed by atoms with Gasteiger partial charge < -0.3 is 19.7 Å². The molecule has 1 N–H and O–H groups in total. The maximum Gasteiger partial charge on any atom is 0.257 e. The minimum Gasteiger partial charge on any atom is -0.497 e. The number of carbonyl (C=O) groups excluding carboxylic acids is 2. The normalized spacial score (nSPS) is 14.4. The Hall–Kier alpha value is -3.02. The highest BCUT2D eigenvalue weighted by Crippen LogP contribution is 2.23. The smallest absolute Gasteiger partial charge is 0.257 e. The highest BCUT2D eigenvalue weighted by Gasteiger charge is 2.28. The molecule has 2 amide bonds. The van der Waals surface area contributed by atoms with Crippen LogP contribution in [0.5, 0.6) is 11.5 Å². The van der Waals surface area contributed by atoms with Crippen LogP contribution in [0, 0.1) is 5.92 Å². The van der Waals surface area contributed by atoms with Gasteiger partial charge in [0.25, 0.3) is 5.91 Å². The molecule has 0 bridgehead atoms. The Morgan fingerprint density at radius 2 is 1.68 bits per heavy atom. The molecule has 0 atom stereocenters. The van der Waals surface area contributed by atoms with Gasteiger partial charge in [-0.05, 0) is 42.7 Å². The van der Waals surface area contributed by atoms with E-state index in [9.17, 15) is 9.59 Å². The molecule has 1 heterocycles. The Morgan fingerprint density at radius 3 is 2.32 bits per heavy atom. The van der Waals surface area contributed by atoms with Crippen molar-refractivity contribution in [2.24, 2.45) is 5.92 Å². The van der Waals surface area contributed by atoms with Crippen molar-refractivity contribution in [3.63, 3.8) is 0 Å². The number of amides is 2. The Morgan fingerprint density at radius 1 is 1.00 bits per heavy atom. The Labute approximate surface area is 165 Å². The van der Waals surface area contributed by atoms with Gasteiger partial charge in [-0.3, -0.25) is 9.59 Å². The Bertz CT molecular complexity index is 812. The number of carbonyl (C=O) groups is 2. The standard InChI is InChI=1S/C22H26N2O4/c1-27-18-9-7-16(8-10-18)15-23-21(25)17-11-13-24(14-12-17)22(26)19-5-3-4-6-20(19)28-2/h3-10,17H,11-15H2,1-2H3,(H,23,25). The van der Waals surface area contributed by atoms with E-state index in [0.29, 0.717) is 43.8 Å². The summed E-state index contributed by atoms with van der Waals surface area (Å²) >= 11 is 0. The number of benzene rings is 2. The van der Waals surface area contributed by atoms with Crippen LogP contribution in [0.4, 0.5) is 0 Å². The third-order valence-corrected chi connectivity index (χ3v) is 5.12. The first-order valence-electron chi connectivity index (χ1n) is 9.45. The van der Waals surface area contributed by atoms with E-state index < -0.39 is 0 Å². The van der Waals surface area contributed by atoms with Gasteiger partial charge in [0.15, 0.2) is 0 Å². The number of nitrogens with zero attached hydrogens (tertiary/aromatic N) is 1. The summed E-state index contributed by atoms with van der Waals surface area (Å²) in [5, 5.41) is 3.00. The van der Waals surface area contributed by atoms with Gasteiger partial charge in [-0.25, -0.2) is 0 Å². The van der Waals surface area contributed by atoms with Crippen LogP contribution in [-0.2, 0) is 11.3 Å². The molecule has 1 aliphatic heterocycles. The molecule has 0 unspecified atom stereocenters. The molecule has 3 rings (SSSR count). The number of methoxy groups -OCH3 is 2. The van der Waals surface area contributed by atoms with Crippen LogP contribution in [0.1, 0.15) is 28.8 Å².